The summed E-state index contributed by atoms with van der Waals surface area (Å²) in [5.41, 5.74) is -0.904. The predicted molar refractivity (Wildman–Crippen MR) is 55.5 cm³/mol. The highest BCUT2D eigenvalue weighted by Gasteiger charge is 2.34. The van der Waals surface area contributed by atoms with E-state index < -0.39 is 17.7 Å². The number of rotatable bonds is 1. The number of ether oxygens (including phenoxy) is 1. The molecule has 0 radical (unpaired) electrons. The third-order valence-electron chi connectivity index (χ3n) is 1.71. The van der Waals surface area contributed by atoms with Crippen molar-refractivity contribution in [3.8, 4) is 0 Å². The average Bonchev–Trinajstić information content (AvgIpc) is 2.15. The lowest BCUT2D eigenvalue weighted by Crippen LogP contribution is -2.12. The Morgan fingerprint density at radius 2 is 2.00 bits per heavy atom. The van der Waals surface area contributed by atoms with Crippen LogP contribution in [0.15, 0.2) is 18.2 Å². The number of alkyl halides is 3. The standard InChI is InChI=1S/C9H6F3IO2/c1-15-8(14)5-3-2-4-6(7(5)13)9(10,11)12/h2-4H,1H3. The minimum absolute atomic E-state index is 0.0760. The van der Waals surface area contributed by atoms with Crippen molar-refractivity contribution in [2.24, 2.45) is 0 Å². The molecule has 1 aromatic carbocycles. The van der Waals surface area contributed by atoms with Gasteiger partial charge in [0.1, 0.15) is 0 Å². The maximum atomic E-state index is 12.4. The Bertz CT molecular complexity index is 387. The third kappa shape index (κ3) is 2.61. The summed E-state index contributed by atoms with van der Waals surface area (Å²) in [7, 11) is 1.12. The molecule has 0 atom stereocenters. The van der Waals surface area contributed by atoms with Gasteiger partial charge in [-0.1, -0.05) is 6.07 Å². The molecular weight excluding hydrogens is 324 g/mol. The van der Waals surface area contributed by atoms with Crippen LogP contribution in [0.2, 0.25) is 0 Å². The molecule has 15 heavy (non-hydrogen) atoms. The predicted octanol–water partition coefficient (Wildman–Crippen LogP) is 3.10. The quantitative estimate of drug-likeness (QED) is 0.584. The number of carbonyl (C=O) groups is 1. The molecule has 0 N–H and O–H groups in total. The Balaban J connectivity index is 3.30. The van der Waals surface area contributed by atoms with Crippen LogP contribution in [0.3, 0.4) is 0 Å². The molecule has 0 heterocycles. The van der Waals surface area contributed by atoms with Crippen molar-refractivity contribution in [1.29, 1.82) is 0 Å². The minimum Gasteiger partial charge on any atom is -0.465 e. The summed E-state index contributed by atoms with van der Waals surface area (Å²) in [6.45, 7) is 0. The fraction of sp³-hybridized carbons (Fsp3) is 0.222. The van der Waals surface area contributed by atoms with Gasteiger partial charge in [0.15, 0.2) is 0 Å². The molecule has 0 aliphatic heterocycles. The second-order valence-corrected chi connectivity index (χ2v) is 3.74. The number of halogens is 4. The van der Waals surface area contributed by atoms with Crippen LogP contribution < -0.4 is 0 Å². The second kappa shape index (κ2) is 4.38. The monoisotopic (exact) mass is 330 g/mol. The van der Waals surface area contributed by atoms with Gasteiger partial charge in [0.05, 0.1) is 18.2 Å². The topological polar surface area (TPSA) is 26.3 Å². The van der Waals surface area contributed by atoms with Crippen LogP contribution in [0.1, 0.15) is 15.9 Å². The minimum atomic E-state index is -4.46. The van der Waals surface area contributed by atoms with Gasteiger partial charge in [-0.3, -0.25) is 0 Å². The van der Waals surface area contributed by atoms with Gasteiger partial charge in [-0.05, 0) is 34.7 Å². The van der Waals surface area contributed by atoms with Gasteiger partial charge >= 0.3 is 12.1 Å². The third-order valence-corrected chi connectivity index (χ3v) is 2.87. The lowest BCUT2D eigenvalue weighted by Gasteiger charge is -2.11. The van der Waals surface area contributed by atoms with Crippen LogP contribution in [0, 0.1) is 3.57 Å². The van der Waals surface area contributed by atoms with E-state index in [9.17, 15) is 18.0 Å². The van der Waals surface area contributed by atoms with Gasteiger partial charge in [0, 0.05) is 3.57 Å². The highest BCUT2D eigenvalue weighted by atomic mass is 127. The van der Waals surface area contributed by atoms with Gasteiger partial charge in [0.2, 0.25) is 0 Å². The molecule has 0 aromatic heterocycles. The highest BCUT2D eigenvalue weighted by Crippen LogP contribution is 2.34. The molecule has 1 rings (SSSR count). The summed E-state index contributed by atoms with van der Waals surface area (Å²) >= 11 is 1.48. The molecule has 1 aromatic rings. The van der Waals surface area contributed by atoms with Gasteiger partial charge in [-0.15, -0.1) is 0 Å². The van der Waals surface area contributed by atoms with E-state index in [-0.39, 0.29) is 9.13 Å². The van der Waals surface area contributed by atoms with Crippen molar-refractivity contribution in [2.45, 2.75) is 6.18 Å². The van der Waals surface area contributed by atoms with E-state index in [1.807, 2.05) is 0 Å². The molecule has 0 bridgehead atoms. The molecule has 2 nitrogen and oxygen atoms in total. The number of carbonyl (C=O) groups excluding carboxylic acids is 1. The van der Waals surface area contributed by atoms with E-state index >= 15 is 0 Å². The summed E-state index contributed by atoms with van der Waals surface area (Å²) in [5.74, 6) is -0.773. The molecule has 0 saturated carbocycles. The van der Waals surface area contributed by atoms with Crippen LogP contribution in [-0.4, -0.2) is 13.1 Å². The van der Waals surface area contributed by atoms with Crippen LogP contribution in [0.25, 0.3) is 0 Å². The van der Waals surface area contributed by atoms with Gasteiger partial charge in [-0.2, -0.15) is 13.2 Å². The van der Waals surface area contributed by atoms with Gasteiger partial charge < -0.3 is 4.74 Å². The van der Waals surface area contributed by atoms with Crippen LogP contribution in [0.4, 0.5) is 13.2 Å². The molecule has 0 amide bonds. The smallest absolute Gasteiger partial charge is 0.417 e. The van der Waals surface area contributed by atoms with Gasteiger partial charge in [0.25, 0.3) is 0 Å². The van der Waals surface area contributed by atoms with Crippen molar-refractivity contribution in [2.75, 3.05) is 7.11 Å². The second-order valence-electron chi connectivity index (χ2n) is 2.66. The van der Waals surface area contributed by atoms with Crippen molar-refractivity contribution < 1.29 is 22.7 Å². The Morgan fingerprint density at radius 3 is 2.47 bits per heavy atom. The number of hydrogen-bond acceptors (Lipinski definition) is 2. The fourth-order valence-electron chi connectivity index (χ4n) is 1.02. The van der Waals surface area contributed by atoms with Gasteiger partial charge in [-0.25, -0.2) is 4.79 Å². The van der Waals surface area contributed by atoms with E-state index in [1.54, 1.807) is 0 Å². The average molecular weight is 330 g/mol. The first kappa shape index (κ1) is 12.3. The molecule has 0 unspecified atom stereocenters. The number of benzene rings is 1. The largest absolute Gasteiger partial charge is 0.465 e. The molecule has 0 aliphatic carbocycles. The number of hydrogen-bond donors (Lipinski definition) is 0. The van der Waals surface area contributed by atoms with Crippen molar-refractivity contribution in [3.05, 3.63) is 32.9 Å². The zero-order chi connectivity index (χ0) is 11.6. The van der Waals surface area contributed by atoms with Crippen LogP contribution >= 0.6 is 22.6 Å². The van der Waals surface area contributed by atoms with Crippen molar-refractivity contribution in [1.82, 2.24) is 0 Å². The molecule has 82 valence electrons. The Labute approximate surface area is 97.6 Å². The first-order valence-electron chi connectivity index (χ1n) is 3.82. The molecule has 0 fully saturated rings. The van der Waals surface area contributed by atoms with E-state index in [0.29, 0.717) is 0 Å². The molecule has 0 saturated heterocycles. The number of methoxy groups -OCH3 is 1. The summed E-state index contributed by atoms with van der Waals surface area (Å²) in [6.07, 6.45) is -4.46. The summed E-state index contributed by atoms with van der Waals surface area (Å²) in [4.78, 5) is 11.1. The van der Waals surface area contributed by atoms with Crippen LogP contribution in [-0.2, 0) is 10.9 Å². The van der Waals surface area contributed by atoms with Crippen molar-refractivity contribution in [3.63, 3.8) is 0 Å². The van der Waals surface area contributed by atoms with Crippen molar-refractivity contribution >= 4 is 28.6 Å². The Hall–Kier alpha value is -0.790. The fourth-order valence-corrected chi connectivity index (χ4v) is 1.90. The number of esters is 1. The summed E-state index contributed by atoms with van der Waals surface area (Å²) < 4.78 is 41.5. The lowest BCUT2D eigenvalue weighted by atomic mass is 10.1. The molecular formula is C9H6F3IO2. The SMILES string of the molecule is COC(=O)c1cccc(C(F)(F)F)c1I. The highest BCUT2D eigenvalue weighted by molar-refractivity contribution is 14.1. The zero-order valence-corrected chi connectivity index (χ0v) is 9.72. The molecule has 0 spiro atoms. The lowest BCUT2D eigenvalue weighted by molar-refractivity contribution is -0.138. The summed E-state index contributed by atoms with van der Waals surface area (Å²) in [6, 6.07) is 3.40. The maximum absolute atomic E-state index is 12.4. The normalized spacial score (nSPS) is 11.3. The maximum Gasteiger partial charge on any atom is 0.417 e. The molecule has 6 heteroatoms. The zero-order valence-electron chi connectivity index (χ0n) is 7.56. The van der Waals surface area contributed by atoms with E-state index in [1.165, 1.54) is 34.7 Å². The van der Waals surface area contributed by atoms with Crippen LogP contribution in [0.5, 0.6) is 0 Å². The first-order chi connectivity index (χ1) is 6.88. The van der Waals surface area contributed by atoms with E-state index in [0.717, 1.165) is 13.2 Å². The van der Waals surface area contributed by atoms with E-state index in [4.69, 9.17) is 0 Å². The van der Waals surface area contributed by atoms with E-state index in [2.05, 4.69) is 4.74 Å². The Kier molecular flexibility index (Phi) is 3.58. The first-order valence-corrected chi connectivity index (χ1v) is 4.90. The Morgan fingerprint density at radius 1 is 1.40 bits per heavy atom. The summed E-state index contributed by atoms with van der Waals surface area (Å²) in [5, 5.41) is 0. The molecule has 0 aliphatic rings.